The third-order valence-corrected chi connectivity index (χ3v) is 11.1. The summed E-state index contributed by atoms with van der Waals surface area (Å²) >= 11 is 12.9. The summed E-state index contributed by atoms with van der Waals surface area (Å²) in [5, 5.41) is 26.0. The molecule has 2 heterocycles. The van der Waals surface area contributed by atoms with Crippen LogP contribution in [0, 0.1) is 11.0 Å². The minimum atomic E-state index is -4.39. The second-order valence-corrected chi connectivity index (χ2v) is 13.7. The molecule has 0 aliphatic carbocycles. The van der Waals surface area contributed by atoms with Crippen molar-refractivity contribution in [3.8, 4) is 11.5 Å². The summed E-state index contributed by atoms with van der Waals surface area (Å²) < 4.78 is 55.1. The van der Waals surface area contributed by atoms with Crippen LogP contribution < -0.4 is 19.5 Å². The van der Waals surface area contributed by atoms with Crippen molar-refractivity contribution in [2.45, 2.75) is 42.2 Å². The number of aliphatic carboxylic acids is 1. The molecule has 1 saturated heterocycles. The number of nitrogens with zero attached hydrogens (tertiary/aromatic N) is 2. The fourth-order valence-corrected chi connectivity index (χ4v) is 8.56. The number of anilines is 1. The number of aromatic nitrogens is 1. The molecule has 0 bridgehead atoms. The molecule has 5 rings (SSSR count). The Morgan fingerprint density at radius 1 is 1.06 bits per heavy atom. The van der Waals surface area contributed by atoms with Crippen molar-refractivity contribution in [2.75, 3.05) is 26.1 Å². The Labute approximate surface area is 281 Å². The van der Waals surface area contributed by atoms with Crippen LogP contribution >= 0.6 is 23.2 Å². The van der Waals surface area contributed by atoms with Crippen molar-refractivity contribution < 1.29 is 36.9 Å². The van der Waals surface area contributed by atoms with E-state index in [4.69, 9.17) is 32.7 Å². The van der Waals surface area contributed by atoms with E-state index in [9.17, 15) is 27.9 Å². The van der Waals surface area contributed by atoms with E-state index in [2.05, 4.69) is 5.32 Å². The molecule has 1 fully saturated rings. The molecule has 47 heavy (non-hydrogen) atoms. The Morgan fingerprint density at radius 3 is 2.34 bits per heavy atom. The Balaban J connectivity index is 1.57. The zero-order chi connectivity index (χ0) is 33.9. The number of pyridine rings is 1. The van der Waals surface area contributed by atoms with Crippen molar-refractivity contribution in [2.24, 2.45) is 0 Å². The van der Waals surface area contributed by atoms with Gasteiger partial charge in [-0.15, -0.1) is 0 Å². The standard InChI is InChI=1S/C33H32Cl2FN3O7S/c1-45-30-13-10-22(16-31(30)46-2)25(17-24-26(34)19-38(42)20-27(24)35)33(32(40)41)14-5-15-39(33)47(43,44)23-11-8-21(9-12-23)18-37-29-7-4-3-6-28(29)36/h3-4,6-13,16,19-20,25,37H,5,14-15,17-18H2,1-2H3,(H,40,41)/t25-,33-/m0/s1. The van der Waals surface area contributed by atoms with E-state index in [0.29, 0.717) is 33.0 Å². The fourth-order valence-electron chi connectivity index (χ4n) is 6.13. The van der Waals surface area contributed by atoms with Gasteiger partial charge in [0.2, 0.25) is 10.0 Å². The second kappa shape index (κ2) is 13.9. The zero-order valence-corrected chi connectivity index (χ0v) is 27.8. The number of para-hydroxylation sites is 1. The lowest BCUT2D eigenvalue weighted by Crippen LogP contribution is -2.57. The normalized spacial score (nSPS) is 17.3. The lowest BCUT2D eigenvalue weighted by molar-refractivity contribution is -0.605. The van der Waals surface area contributed by atoms with E-state index < -0.39 is 33.3 Å². The number of ether oxygens (including phenoxy) is 2. The second-order valence-electron chi connectivity index (χ2n) is 11.1. The van der Waals surface area contributed by atoms with Crippen LogP contribution in [0.15, 0.2) is 84.0 Å². The van der Waals surface area contributed by atoms with Crippen molar-refractivity contribution in [1.29, 1.82) is 0 Å². The number of methoxy groups -OCH3 is 2. The van der Waals surface area contributed by atoms with Crippen LogP contribution in [0.1, 0.15) is 35.4 Å². The van der Waals surface area contributed by atoms with Gasteiger partial charge < -0.3 is 25.1 Å². The van der Waals surface area contributed by atoms with Gasteiger partial charge >= 0.3 is 5.97 Å². The van der Waals surface area contributed by atoms with Gasteiger partial charge in [-0.3, -0.25) is 4.79 Å². The quantitative estimate of drug-likeness (QED) is 0.135. The Morgan fingerprint density at radius 2 is 1.72 bits per heavy atom. The van der Waals surface area contributed by atoms with Crippen molar-refractivity contribution in [3.05, 3.63) is 117 Å². The highest BCUT2D eigenvalue weighted by atomic mass is 35.5. The van der Waals surface area contributed by atoms with Crippen LogP contribution in [0.3, 0.4) is 0 Å². The van der Waals surface area contributed by atoms with Crippen molar-refractivity contribution in [3.63, 3.8) is 0 Å². The summed E-state index contributed by atoms with van der Waals surface area (Å²) in [5.74, 6) is -2.11. The van der Waals surface area contributed by atoms with Crippen LogP contribution in [0.2, 0.25) is 10.0 Å². The molecule has 3 aromatic carbocycles. The molecule has 248 valence electrons. The number of halogens is 3. The molecule has 1 aliphatic rings. The lowest BCUT2D eigenvalue weighted by Gasteiger charge is -2.41. The number of rotatable bonds is 12. The Hall–Kier alpha value is -4.10. The number of nitrogens with one attached hydrogen (secondary N) is 1. The minimum absolute atomic E-state index is 0.00509. The summed E-state index contributed by atoms with van der Waals surface area (Å²) in [6.45, 7) is 0.166. The largest absolute Gasteiger partial charge is 0.619 e. The first kappa shape index (κ1) is 34.2. The Kier molecular flexibility index (Phi) is 10.2. The van der Waals surface area contributed by atoms with Crippen molar-refractivity contribution in [1.82, 2.24) is 4.31 Å². The molecular weight excluding hydrogens is 672 g/mol. The summed E-state index contributed by atoms with van der Waals surface area (Å²) in [5.41, 5.74) is -0.272. The van der Waals surface area contributed by atoms with Gasteiger partial charge in [0.25, 0.3) is 0 Å². The number of sulfonamides is 1. The van der Waals surface area contributed by atoms with Gasteiger partial charge in [0.15, 0.2) is 23.9 Å². The maximum absolute atomic E-state index is 14.3. The molecule has 10 nitrogen and oxygen atoms in total. The molecule has 2 N–H and O–H groups in total. The van der Waals surface area contributed by atoms with E-state index in [1.165, 1.54) is 32.4 Å². The number of benzene rings is 3. The van der Waals surface area contributed by atoms with E-state index in [1.54, 1.807) is 48.5 Å². The topological polar surface area (TPSA) is 132 Å². The summed E-state index contributed by atoms with van der Waals surface area (Å²) in [4.78, 5) is 13.4. The van der Waals surface area contributed by atoms with Gasteiger partial charge in [-0.2, -0.15) is 9.04 Å². The SMILES string of the molecule is COc1ccc([C@H](Cc2c(Cl)c[n+]([O-])cc2Cl)[C@]2(C(=O)O)CCCN2S(=O)(=O)c2ccc(CNc3ccccc3F)cc2)cc1OC. The highest BCUT2D eigenvalue weighted by Crippen LogP contribution is 2.48. The van der Waals surface area contributed by atoms with Gasteiger partial charge in [-0.05, 0) is 66.8 Å². The van der Waals surface area contributed by atoms with Crippen LogP contribution in [0.4, 0.5) is 10.1 Å². The highest BCUT2D eigenvalue weighted by molar-refractivity contribution is 7.89. The number of carboxylic acids is 1. The van der Waals surface area contributed by atoms with Crippen LogP contribution in [0.5, 0.6) is 11.5 Å². The van der Waals surface area contributed by atoms with Gasteiger partial charge in [0.05, 0.1) is 24.8 Å². The molecule has 0 unspecified atom stereocenters. The monoisotopic (exact) mass is 703 g/mol. The number of carboxylic acid groups (broad SMARTS) is 1. The lowest BCUT2D eigenvalue weighted by atomic mass is 9.74. The van der Waals surface area contributed by atoms with Gasteiger partial charge in [0, 0.05) is 24.6 Å². The number of carbonyl (C=O) groups is 1. The predicted octanol–water partition coefficient (Wildman–Crippen LogP) is 6.03. The van der Waals surface area contributed by atoms with Crippen LogP contribution in [-0.2, 0) is 27.8 Å². The summed E-state index contributed by atoms with van der Waals surface area (Å²) in [6.07, 6.45) is 2.33. The third-order valence-electron chi connectivity index (χ3n) is 8.46. The maximum Gasteiger partial charge on any atom is 0.325 e. The molecule has 0 saturated carbocycles. The molecule has 4 aromatic rings. The fraction of sp³-hybridized carbons (Fsp3) is 0.273. The summed E-state index contributed by atoms with van der Waals surface area (Å²) in [6, 6.07) is 17.1. The molecule has 1 aromatic heterocycles. The molecule has 0 radical (unpaired) electrons. The first-order chi connectivity index (χ1) is 22.4. The van der Waals surface area contributed by atoms with Gasteiger partial charge in [-0.1, -0.05) is 53.5 Å². The molecular formula is C33H32Cl2FN3O7S. The average Bonchev–Trinajstić information content (AvgIpc) is 3.51. The van der Waals surface area contributed by atoms with Gasteiger partial charge in [-0.25, -0.2) is 12.8 Å². The molecule has 14 heteroatoms. The summed E-state index contributed by atoms with van der Waals surface area (Å²) in [7, 11) is -1.49. The van der Waals surface area contributed by atoms with Crippen LogP contribution in [-0.4, -0.2) is 50.1 Å². The van der Waals surface area contributed by atoms with E-state index >= 15 is 0 Å². The first-order valence-electron chi connectivity index (χ1n) is 14.5. The number of hydrogen-bond acceptors (Lipinski definition) is 7. The van der Waals surface area contributed by atoms with Crippen LogP contribution in [0.25, 0.3) is 0 Å². The average molecular weight is 705 g/mol. The smallest absolute Gasteiger partial charge is 0.325 e. The maximum atomic E-state index is 14.3. The first-order valence-corrected chi connectivity index (χ1v) is 16.7. The molecule has 0 amide bonds. The molecule has 2 atom stereocenters. The van der Waals surface area contributed by atoms with E-state index in [1.807, 2.05) is 0 Å². The van der Waals surface area contributed by atoms with Crippen molar-refractivity contribution >= 4 is 44.9 Å². The Bertz CT molecular complexity index is 1870. The zero-order valence-electron chi connectivity index (χ0n) is 25.5. The molecule has 1 aliphatic heterocycles. The highest BCUT2D eigenvalue weighted by Gasteiger charge is 2.58. The van der Waals surface area contributed by atoms with Gasteiger partial charge in [0.1, 0.15) is 21.4 Å². The predicted molar refractivity (Wildman–Crippen MR) is 175 cm³/mol. The number of hydrogen-bond donors (Lipinski definition) is 2. The third kappa shape index (κ3) is 6.68. The molecule has 0 spiro atoms. The van der Waals surface area contributed by atoms with E-state index in [0.717, 1.165) is 16.7 Å². The minimum Gasteiger partial charge on any atom is -0.619 e. The van der Waals surface area contributed by atoms with E-state index in [-0.39, 0.29) is 52.9 Å².